The second-order valence-corrected chi connectivity index (χ2v) is 3.29. The van der Waals surface area contributed by atoms with E-state index in [2.05, 4.69) is 0 Å². The minimum atomic E-state index is -4.80. The molecule has 1 aromatic rings. The van der Waals surface area contributed by atoms with Crippen molar-refractivity contribution < 1.29 is 17.7 Å². The first-order valence-electron chi connectivity index (χ1n) is 4.48. The Morgan fingerprint density at radius 3 is 2.53 bits per heavy atom. The number of halogens is 3. The zero-order valence-corrected chi connectivity index (χ0v) is 8.58. The van der Waals surface area contributed by atoms with Gasteiger partial charge in [-0.05, 0) is 18.6 Å². The van der Waals surface area contributed by atoms with Crippen LogP contribution in [0.5, 0.6) is 5.75 Å². The van der Waals surface area contributed by atoms with Crippen molar-refractivity contribution in [1.82, 2.24) is 0 Å². The van der Waals surface area contributed by atoms with E-state index in [1.807, 2.05) is 0 Å². The SMILES string of the molecule is COc1cccc(N(C)C[B-](F)(F)F)c1. The Kier molecular flexibility index (Phi) is 3.50. The molecule has 0 aliphatic rings. The molecule has 1 aromatic carbocycles. The van der Waals surface area contributed by atoms with Gasteiger partial charge in [0.25, 0.3) is 0 Å². The molecular formula is C9H12BF3NO-. The van der Waals surface area contributed by atoms with Gasteiger partial charge in [-0.25, -0.2) is 0 Å². The third-order valence-electron chi connectivity index (χ3n) is 1.97. The van der Waals surface area contributed by atoms with Crippen LogP contribution in [-0.2, 0) is 0 Å². The highest BCUT2D eigenvalue weighted by Crippen LogP contribution is 2.21. The molecule has 0 aliphatic carbocycles. The van der Waals surface area contributed by atoms with E-state index < -0.39 is 13.4 Å². The lowest BCUT2D eigenvalue weighted by atomic mass is 9.91. The zero-order chi connectivity index (χ0) is 11.5. The van der Waals surface area contributed by atoms with Gasteiger partial charge in [-0.3, -0.25) is 0 Å². The zero-order valence-electron chi connectivity index (χ0n) is 8.58. The van der Waals surface area contributed by atoms with Crippen LogP contribution in [0.3, 0.4) is 0 Å². The molecule has 0 N–H and O–H groups in total. The molecule has 0 saturated carbocycles. The molecule has 0 aliphatic heterocycles. The Hall–Kier alpha value is -1.33. The maximum Gasteiger partial charge on any atom is 0.497 e. The van der Waals surface area contributed by atoms with Gasteiger partial charge < -0.3 is 22.6 Å². The summed E-state index contributed by atoms with van der Waals surface area (Å²) in [5.74, 6) is 0.550. The number of hydrogen-bond donors (Lipinski definition) is 0. The second-order valence-electron chi connectivity index (χ2n) is 3.29. The third kappa shape index (κ3) is 3.73. The Labute approximate surface area is 86.7 Å². The Morgan fingerprint density at radius 1 is 1.33 bits per heavy atom. The van der Waals surface area contributed by atoms with E-state index >= 15 is 0 Å². The standard InChI is InChI=1S/C9H12BF3NO/c1-14(7-10(11,12)13)8-4-3-5-9(6-8)15-2/h3-6H,7H2,1-2H3/q-1. The van der Waals surface area contributed by atoms with Gasteiger partial charge in [-0.15, -0.1) is 0 Å². The van der Waals surface area contributed by atoms with Crippen LogP contribution in [0.1, 0.15) is 0 Å². The van der Waals surface area contributed by atoms with Crippen LogP contribution in [0.2, 0.25) is 0 Å². The quantitative estimate of drug-likeness (QED) is 0.720. The molecule has 0 fully saturated rings. The van der Waals surface area contributed by atoms with E-state index in [0.29, 0.717) is 11.4 Å². The summed E-state index contributed by atoms with van der Waals surface area (Å²) in [6, 6.07) is 6.54. The fourth-order valence-corrected chi connectivity index (χ4v) is 1.26. The molecule has 84 valence electrons. The van der Waals surface area contributed by atoms with Gasteiger partial charge in [0.15, 0.2) is 0 Å². The summed E-state index contributed by atoms with van der Waals surface area (Å²) >= 11 is 0. The fourth-order valence-electron chi connectivity index (χ4n) is 1.26. The average molecular weight is 218 g/mol. The van der Waals surface area contributed by atoms with Crippen molar-refractivity contribution in [3.63, 3.8) is 0 Å². The van der Waals surface area contributed by atoms with Gasteiger partial charge in [0.2, 0.25) is 0 Å². The first-order valence-corrected chi connectivity index (χ1v) is 4.48. The number of anilines is 1. The summed E-state index contributed by atoms with van der Waals surface area (Å²) in [6.45, 7) is -4.80. The number of methoxy groups -OCH3 is 1. The topological polar surface area (TPSA) is 12.5 Å². The van der Waals surface area contributed by atoms with Crippen LogP contribution in [-0.4, -0.2) is 27.6 Å². The van der Waals surface area contributed by atoms with Gasteiger partial charge in [0.05, 0.1) is 7.11 Å². The van der Waals surface area contributed by atoms with Gasteiger partial charge in [-0.1, -0.05) is 6.07 Å². The molecule has 6 heteroatoms. The lowest BCUT2D eigenvalue weighted by Gasteiger charge is -2.25. The molecule has 0 bridgehead atoms. The summed E-state index contributed by atoms with van der Waals surface area (Å²) < 4.78 is 41.4. The Morgan fingerprint density at radius 2 is 2.00 bits per heavy atom. The summed E-state index contributed by atoms with van der Waals surface area (Å²) in [5.41, 5.74) is 0.494. The van der Waals surface area contributed by atoms with E-state index in [9.17, 15) is 12.9 Å². The van der Waals surface area contributed by atoms with Crippen LogP contribution in [0, 0.1) is 0 Å². The van der Waals surface area contributed by atoms with Gasteiger partial charge in [0, 0.05) is 18.8 Å². The highest BCUT2D eigenvalue weighted by molar-refractivity contribution is 6.59. The number of nitrogens with zero attached hydrogens (tertiary/aromatic N) is 1. The molecular weight excluding hydrogens is 206 g/mol. The Bertz CT molecular complexity index is 329. The number of ether oxygens (including phenoxy) is 1. The maximum absolute atomic E-state index is 12.2. The highest BCUT2D eigenvalue weighted by Gasteiger charge is 2.25. The fraction of sp³-hybridized carbons (Fsp3) is 0.333. The van der Waals surface area contributed by atoms with Crippen LogP contribution >= 0.6 is 0 Å². The molecule has 0 unspecified atom stereocenters. The molecule has 2 nitrogen and oxygen atoms in total. The summed E-state index contributed by atoms with van der Waals surface area (Å²) in [5, 5.41) is 0. The largest absolute Gasteiger partial charge is 0.497 e. The molecule has 15 heavy (non-hydrogen) atoms. The number of rotatable bonds is 4. The summed E-state index contributed by atoms with van der Waals surface area (Å²) in [7, 11) is 2.89. The molecule has 0 amide bonds. The van der Waals surface area contributed by atoms with Gasteiger partial charge in [-0.2, -0.15) is 0 Å². The average Bonchev–Trinajstić information content (AvgIpc) is 2.15. The van der Waals surface area contributed by atoms with E-state index in [-0.39, 0.29) is 0 Å². The minimum Gasteiger partial charge on any atom is -0.497 e. The minimum absolute atomic E-state index is 0.494. The lowest BCUT2D eigenvalue weighted by Crippen LogP contribution is -2.35. The number of hydrogen-bond acceptors (Lipinski definition) is 2. The third-order valence-corrected chi connectivity index (χ3v) is 1.97. The van der Waals surface area contributed by atoms with Gasteiger partial charge in [0.1, 0.15) is 5.75 Å². The summed E-state index contributed by atoms with van der Waals surface area (Å²) in [4.78, 5) is 1.16. The van der Waals surface area contributed by atoms with Crippen LogP contribution in [0.25, 0.3) is 0 Å². The van der Waals surface area contributed by atoms with Gasteiger partial charge >= 0.3 is 6.98 Å². The van der Waals surface area contributed by atoms with Crippen molar-refractivity contribution in [2.45, 2.75) is 0 Å². The van der Waals surface area contributed by atoms with Crippen molar-refractivity contribution >= 4 is 12.7 Å². The molecule has 0 saturated heterocycles. The van der Waals surface area contributed by atoms with Crippen molar-refractivity contribution in [2.24, 2.45) is 0 Å². The molecule has 0 aromatic heterocycles. The first-order chi connectivity index (χ1) is 6.92. The predicted molar refractivity (Wildman–Crippen MR) is 55.3 cm³/mol. The highest BCUT2D eigenvalue weighted by atomic mass is 19.4. The smallest absolute Gasteiger partial charge is 0.497 e. The second kappa shape index (κ2) is 4.46. The molecule has 0 atom stereocenters. The Balaban J connectivity index is 2.77. The molecule has 0 heterocycles. The molecule has 0 spiro atoms. The molecule has 0 radical (unpaired) electrons. The van der Waals surface area contributed by atoms with Crippen LogP contribution in [0.15, 0.2) is 24.3 Å². The van der Waals surface area contributed by atoms with E-state index in [1.165, 1.54) is 14.2 Å². The monoisotopic (exact) mass is 218 g/mol. The van der Waals surface area contributed by atoms with Crippen molar-refractivity contribution in [2.75, 3.05) is 25.5 Å². The molecule has 1 rings (SSSR count). The predicted octanol–water partition coefficient (Wildman–Crippen LogP) is 2.52. The maximum atomic E-state index is 12.2. The van der Waals surface area contributed by atoms with E-state index in [1.54, 1.807) is 24.3 Å². The first kappa shape index (κ1) is 11.7. The van der Waals surface area contributed by atoms with E-state index in [0.717, 1.165) is 4.90 Å². The summed E-state index contributed by atoms with van der Waals surface area (Å²) in [6.07, 6.45) is -0.910. The van der Waals surface area contributed by atoms with Crippen LogP contribution in [0.4, 0.5) is 18.6 Å². The van der Waals surface area contributed by atoms with Crippen molar-refractivity contribution in [3.05, 3.63) is 24.3 Å². The van der Waals surface area contributed by atoms with Crippen molar-refractivity contribution in [1.29, 1.82) is 0 Å². The van der Waals surface area contributed by atoms with Crippen LogP contribution < -0.4 is 9.64 Å². The van der Waals surface area contributed by atoms with Crippen molar-refractivity contribution in [3.8, 4) is 5.75 Å². The normalized spacial score (nSPS) is 11.3. The van der Waals surface area contributed by atoms with E-state index in [4.69, 9.17) is 4.74 Å². The number of benzene rings is 1. The lowest BCUT2D eigenvalue weighted by molar-refractivity contribution is 0.414.